The maximum Gasteiger partial charge on any atom is 0.233 e. The Balaban J connectivity index is 1.74. The van der Waals surface area contributed by atoms with Crippen molar-refractivity contribution in [2.75, 3.05) is 0 Å². The Kier molecular flexibility index (Phi) is 5.76. The number of benzene rings is 2. The van der Waals surface area contributed by atoms with Gasteiger partial charge < -0.3 is 5.32 Å². The normalized spacial score (nSPS) is 17.5. The van der Waals surface area contributed by atoms with Crippen molar-refractivity contribution in [2.45, 2.75) is 70.1 Å². The molecule has 0 saturated heterocycles. The van der Waals surface area contributed by atoms with E-state index in [1.807, 2.05) is 6.92 Å². The second kappa shape index (κ2) is 7.87. The van der Waals surface area contributed by atoms with Gasteiger partial charge in [-0.15, -0.1) is 11.8 Å². The zero-order chi connectivity index (χ0) is 18.8. The molecule has 1 aliphatic carbocycles. The molecule has 0 fully saturated rings. The minimum Gasteiger partial charge on any atom is -0.348 e. The van der Waals surface area contributed by atoms with Gasteiger partial charge in [-0.3, -0.25) is 4.79 Å². The van der Waals surface area contributed by atoms with Crippen LogP contribution in [0.15, 0.2) is 35.2 Å². The summed E-state index contributed by atoms with van der Waals surface area (Å²) >= 11 is 1.69. The predicted molar refractivity (Wildman–Crippen MR) is 111 cm³/mol. The molecule has 138 valence electrons. The van der Waals surface area contributed by atoms with E-state index < -0.39 is 0 Å². The van der Waals surface area contributed by atoms with Gasteiger partial charge in [-0.05, 0) is 87.3 Å². The van der Waals surface area contributed by atoms with E-state index in [4.69, 9.17) is 0 Å². The highest BCUT2D eigenvalue weighted by Crippen LogP contribution is 2.35. The summed E-state index contributed by atoms with van der Waals surface area (Å²) in [5.41, 5.74) is 7.85. The van der Waals surface area contributed by atoms with Crippen molar-refractivity contribution in [3.63, 3.8) is 0 Å². The van der Waals surface area contributed by atoms with Gasteiger partial charge in [-0.25, -0.2) is 0 Å². The van der Waals surface area contributed by atoms with Crippen molar-refractivity contribution in [2.24, 2.45) is 0 Å². The first-order chi connectivity index (χ1) is 12.4. The second-order valence-electron chi connectivity index (χ2n) is 7.50. The molecule has 0 bridgehead atoms. The zero-order valence-electron chi connectivity index (χ0n) is 16.5. The van der Waals surface area contributed by atoms with E-state index in [1.165, 1.54) is 38.3 Å². The highest BCUT2D eigenvalue weighted by molar-refractivity contribution is 8.00. The molecular formula is C23H29NOS. The fourth-order valence-corrected chi connectivity index (χ4v) is 4.98. The van der Waals surface area contributed by atoms with Gasteiger partial charge >= 0.3 is 0 Å². The van der Waals surface area contributed by atoms with Crippen molar-refractivity contribution >= 4 is 17.7 Å². The average molecular weight is 368 g/mol. The molecule has 0 unspecified atom stereocenters. The number of hydrogen-bond acceptors (Lipinski definition) is 2. The van der Waals surface area contributed by atoms with Crippen LogP contribution in [0.4, 0.5) is 0 Å². The Morgan fingerprint density at radius 3 is 2.46 bits per heavy atom. The molecule has 2 atom stereocenters. The quantitative estimate of drug-likeness (QED) is 0.713. The lowest BCUT2D eigenvalue weighted by Crippen LogP contribution is -2.36. The summed E-state index contributed by atoms with van der Waals surface area (Å²) in [5, 5.41) is 3.19. The van der Waals surface area contributed by atoms with Gasteiger partial charge in [0.15, 0.2) is 0 Å². The maximum atomic E-state index is 12.9. The summed E-state index contributed by atoms with van der Waals surface area (Å²) < 4.78 is 0. The SMILES string of the molecule is Cc1cc(C)c(C)c(S[C@@H](C)C(=O)N[C@@H]2CCCc3ccccc32)c1C. The molecule has 0 aliphatic heterocycles. The lowest BCUT2D eigenvalue weighted by molar-refractivity contribution is -0.121. The molecule has 2 aromatic rings. The number of nitrogens with one attached hydrogen (secondary N) is 1. The van der Waals surface area contributed by atoms with Crippen LogP contribution in [0.25, 0.3) is 0 Å². The van der Waals surface area contributed by atoms with Gasteiger partial charge in [0.1, 0.15) is 0 Å². The number of carbonyl (C=O) groups is 1. The van der Waals surface area contributed by atoms with Crippen LogP contribution in [-0.4, -0.2) is 11.2 Å². The summed E-state index contributed by atoms with van der Waals surface area (Å²) in [6.45, 7) is 10.6. The Labute approximate surface area is 161 Å². The van der Waals surface area contributed by atoms with E-state index in [0.717, 1.165) is 19.3 Å². The van der Waals surface area contributed by atoms with Gasteiger partial charge in [-0.1, -0.05) is 30.3 Å². The number of amides is 1. The summed E-state index contributed by atoms with van der Waals surface area (Å²) in [6.07, 6.45) is 3.29. The molecule has 0 aromatic heterocycles. The molecule has 3 rings (SSSR count). The third-order valence-corrected chi connectivity index (χ3v) is 7.06. The molecule has 26 heavy (non-hydrogen) atoms. The van der Waals surface area contributed by atoms with Gasteiger partial charge in [-0.2, -0.15) is 0 Å². The van der Waals surface area contributed by atoms with Crippen molar-refractivity contribution in [1.29, 1.82) is 0 Å². The van der Waals surface area contributed by atoms with E-state index in [-0.39, 0.29) is 17.2 Å². The first-order valence-corrected chi connectivity index (χ1v) is 10.4. The first kappa shape index (κ1) is 19.0. The third-order valence-electron chi connectivity index (χ3n) is 5.65. The van der Waals surface area contributed by atoms with Crippen LogP contribution in [-0.2, 0) is 11.2 Å². The molecule has 2 aromatic carbocycles. The highest BCUT2D eigenvalue weighted by atomic mass is 32.2. The van der Waals surface area contributed by atoms with Gasteiger partial charge in [0.05, 0.1) is 11.3 Å². The summed E-state index contributed by atoms with van der Waals surface area (Å²) in [4.78, 5) is 14.1. The number of fused-ring (bicyclic) bond motifs is 1. The number of hydrogen-bond donors (Lipinski definition) is 1. The Hall–Kier alpha value is -1.74. The summed E-state index contributed by atoms with van der Waals surface area (Å²) in [7, 11) is 0. The second-order valence-corrected chi connectivity index (χ2v) is 8.85. The standard InChI is InChI=1S/C23H29NOS/c1-14-13-15(2)17(4)22(16(14)3)26-18(5)23(25)24-21-12-8-10-19-9-6-7-11-20(19)21/h6-7,9,11,13,18,21H,8,10,12H2,1-5H3,(H,24,25)/t18-,21+/m0/s1. The molecule has 0 heterocycles. The fourth-order valence-electron chi connectivity index (χ4n) is 3.78. The monoisotopic (exact) mass is 367 g/mol. The summed E-state index contributed by atoms with van der Waals surface area (Å²) in [5.74, 6) is 0.134. The summed E-state index contributed by atoms with van der Waals surface area (Å²) in [6, 6.07) is 10.9. The van der Waals surface area contributed by atoms with E-state index in [2.05, 4.69) is 63.3 Å². The average Bonchev–Trinajstić information content (AvgIpc) is 2.63. The van der Waals surface area contributed by atoms with Crippen LogP contribution in [0.5, 0.6) is 0 Å². The van der Waals surface area contributed by atoms with Gasteiger partial charge in [0.25, 0.3) is 0 Å². The molecule has 1 amide bonds. The van der Waals surface area contributed by atoms with E-state index in [9.17, 15) is 4.79 Å². The Morgan fingerprint density at radius 1 is 1.12 bits per heavy atom. The minimum atomic E-state index is -0.109. The van der Waals surface area contributed by atoms with Crippen molar-refractivity contribution in [1.82, 2.24) is 5.32 Å². The number of carbonyl (C=O) groups excluding carboxylic acids is 1. The van der Waals surface area contributed by atoms with Crippen LogP contribution in [0, 0.1) is 27.7 Å². The molecule has 0 saturated carbocycles. The van der Waals surface area contributed by atoms with Gasteiger partial charge in [0, 0.05) is 4.90 Å². The fraction of sp³-hybridized carbons (Fsp3) is 0.435. The molecule has 0 spiro atoms. The van der Waals surface area contributed by atoms with E-state index >= 15 is 0 Å². The van der Waals surface area contributed by atoms with Crippen LogP contribution in [0.3, 0.4) is 0 Å². The number of rotatable bonds is 4. The first-order valence-electron chi connectivity index (χ1n) is 9.50. The van der Waals surface area contributed by atoms with Gasteiger partial charge in [0.2, 0.25) is 5.91 Å². The minimum absolute atomic E-state index is 0.109. The molecule has 3 heteroatoms. The van der Waals surface area contributed by atoms with E-state index in [0.29, 0.717) is 0 Å². The number of thioether (sulfide) groups is 1. The predicted octanol–water partition coefficient (Wildman–Crippen LogP) is 5.59. The Bertz CT molecular complexity index is 801. The van der Waals surface area contributed by atoms with Crippen molar-refractivity contribution in [3.8, 4) is 0 Å². The highest BCUT2D eigenvalue weighted by Gasteiger charge is 2.25. The van der Waals surface area contributed by atoms with Crippen LogP contribution >= 0.6 is 11.8 Å². The lowest BCUT2D eigenvalue weighted by Gasteiger charge is -2.27. The molecule has 0 radical (unpaired) electrons. The lowest BCUT2D eigenvalue weighted by atomic mass is 9.88. The van der Waals surface area contributed by atoms with Crippen LogP contribution in [0.2, 0.25) is 0 Å². The number of aryl methyl sites for hydroxylation is 3. The molecule has 1 N–H and O–H groups in total. The Morgan fingerprint density at radius 2 is 1.77 bits per heavy atom. The molecule has 1 aliphatic rings. The maximum absolute atomic E-state index is 12.9. The van der Waals surface area contributed by atoms with E-state index in [1.54, 1.807) is 11.8 Å². The topological polar surface area (TPSA) is 29.1 Å². The largest absolute Gasteiger partial charge is 0.348 e. The third kappa shape index (κ3) is 3.83. The van der Waals surface area contributed by atoms with Crippen LogP contribution < -0.4 is 5.32 Å². The smallest absolute Gasteiger partial charge is 0.233 e. The van der Waals surface area contributed by atoms with Crippen LogP contribution in [0.1, 0.15) is 59.2 Å². The molecule has 2 nitrogen and oxygen atoms in total. The molecular weight excluding hydrogens is 338 g/mol. The zero-order valence-corrected chi connectivity index (χ0v) is 17.3. The van der Waals surface area contributed by atoms with Crippen molar-refractivity contribution in [3.05, 3.63) is 63.7 Å². The van der Waals surface area contributed by atoms with Crippen molar-refractivity contribution < 1.29 is 4.79 Å².